The van der Waals surface area contributed by atoms with E-state index in [1.54, 1.807) is 0 Å². The first-order chi connectivity index (χ1) is 15.5. The normalized spacial score (nSPS) is 13.6. The molecule has 2 rings (SSSR count). The molecule has 0 aliphatic heterocycles. The van der Waals surface area contributed by atoms with Crippen LogP contribution in [0.3, 0.4) is 0 Å². The zero-order valence-corrected chi connectivity index (χ0v) is 21.9. The Bertz CT molecular complexity index is 744. The van der Waals surface area contributed by atoms with E-state index < -0.39 is 6.10 Å². The Kier molecular flexibility index (Phi) is 15.1. The SMILES string of the molecule is CCCCCCCCCCC(C[N+](C)(C)CC=Cc1ccccc1)C(O)c1ccccc1.[Cl-]. The van der Waals surface area contributed by atoms with E-state index in [0.29, 0.717) is 0 Å². The molecular formula is C30H46ClNO. The minimum Gasteiger partial charge on any atom is -1.00 e. The summed E-state index contributed by atoms with van der Waals surface area (Å²) >= 11 is 0. The molecule has 2 unspecified atom stereocenters. The molecule has 0 bridgehead atoms. The van der Waals surface area contributed by atoms with Gasteiger partial charge < -0.3 is 22.0 Å². The summed E-state index contributed by atoms with van der Waals surface area (Å²) in [5.74, 6) is 0.276. The minimum absolute atomic E-state index is 0. The fourth-order valence-corrected chi connectivity index (χ4v) is 4.56. The maximum absolute atomic E-state index is 11.2. The van der Waals surface area contributed by atoms with Crippen molar-refractivity contribution in [3.8, 4) is 0 Å². The van der Waals surface area contributed by atoms with Crippen molar-refractivity contribution in [2.45, 2.75) is 70.8 Å². The van der Waals surface area contributed by atoms with Crippen LogP contribution in [-0.2, 0) is 0 Å². The predicted octanol–water partition coefficient (Wildman–Crippen LogP) is 4.66. The van der Waals surface area contributed by atoms with Gasteiger partial charge in [-0.3, -0.25) is 0 Å². The van der Waals surface area contributed by atoms with Crippen LogP contribution in [0.5, 0.6) is 0 Å². The van der Waals surface area contributed by atoms with E-state index in [9.17, 15) is 5.11 Å². The Labute approximate surface area is 209 Å². The van der Waals surface area contributed by atoms with Crippen molar-refractivity contribution in [1.82, 2.24) is 0 Å². The number of nitrogens with zero attached hydrogens (tertiary/aromatic N) is 1. The van der Waals surface area contributed by atoms with Crippen molar-refractivity contribution in [3.63, 3.8) is 0 Å². The van der Waals surface area contributed by atoms with Crippen LogP contribution in [0.4, 0.5) is 0 Å². The second kappa shape index (κ2) is 16.9. The quantitative estimate of drug-likeness (QED) is 0.279. The first-order valence-corrected chi connectivity index (χ1v) is 12.8. The third-order valence-electron chi connectivity index (χ3n) is 6.45. The Balaban J connectivity index is 0.00000544. The fraction of sp³-hybridized carbons (Fsp3) is 0.533. The molecule has 2 atom stereocenters. The summed E-state index contributed by atoms with van der Waals surface area (Å²) in [5, 5.41) is 11.2. The van der Waals surface area contributed by atoms with Gasteiger partial charge in [-0.05, 0) is 23.6 Å². The zero-order chi connectivity index (χ0) is 23.1. The number of quaternary nitrogens is 1. The highest BCUT2D eigenvalue weighted by Gasteiger charge is 2.28. The summed E-state index contributed by atoms with van der Waals surface area (Å²) in [5.41, 5.74) is 2.30. The first-order valence-electron chi connectivity index (χ1n) is 12.8. The molecule has 0 heterocycles. The number of halogens is 1. The number of unbranched alkanes of at least 4 members (excludes halogenated alkanes) is 7. The predicted molar refractivity (Wildman–Crippen MR) is 139 cm³/mol. The average molecular weight is 472 g/mol. The number of aliphatic hydroxyl groups excluding tert-OH is 1. The number of benzene rings is 2. The molecule has 3 heteroatoms. The lowest BCUT2D eigenvalue weighted by atomic mass is 9.89. The van der Waals surface area contributed by atoms with Crippen LogP contribution < -0.4 is 12.4 Å². The van der Waals surface area contributed by atoms with Gasteiger partial charge in [-0.1, -0.05) is 125 Å². The molecule has 0 radical (unpaired) electrons. The molecule has 1 N–H and O–H groups in total. The number of rotatable bonds is 16. The van der Waals surface area contributed by atoms with Gasteiger partial charge in [0.15, 0.2) is 0 Å². The van der Waals surface area contributed by atoms with Gasteiger partial charge in [0.05, 0.1) is 33.3 Å². The van der Waals surface area contributed by atoms with Crippen LogP contribution in [0.1, 0.15) is 81.9 Å². The second-order valence-electron chi connectivity index (χ2n) is 9.99. The molecule has 33 heavy (non-hydrogen) atoms. The second-order valence-corrected chi connectivity index (χ2v) is 9.99. The molecule has 0 saturated heterocycles. The van der Waals surface area contributed by atoms with Gasteiger partial charge in [-0.2, -0.15) is 0 Å². The summed E-state index contributed by atoms with van der Waals surface area (Å²) in [4.78, 5) is 0. The smallest absolute Gasteiger partial charge is 0.0972 e. The third kappa shape index (κ3) is 12.4. The zero-order valence-electron chi connectivity index (χ0n) is 21.1. The Morgan fingerprint density at radius 2 is 1.33 bits per heavy atom. The molecule has 0 saturated carbocycles. The standard InChI is InChI=1S/C30H46NO.ClH/c1-4-5-6-7-8-9-10-15-24-29(30(32)28-22-16-12-17-23-28)26-31(2,3)25-18-21-27-19-13-11-14-20-27;/h11-14,16-23,29-30,32H,4-10,15,24-26H2,1-3H3;1H/q+1;/p-1. The number of aliphatic hydroxyl groups is 1. The minimum atomic E-state index is -0.392. The Hall–Kier alpha value is -1.61. The summed E-state index contributed by atoms with van der Waals surface area (Å²) in [7, 11) is 4.57. The van der Waals surface area contributed by atoms with Gasteiger partial charge in [-0.15, -0.1) is 0 Å². The number of hydrogen-bond acceptors (Lipinski definition) is 1. The van der Waals surface area contributed by atoms with E-state index in [2.05, 4.69) is 75.6 Å². The molecule has 0 amide bonds. The fourth-order valence-electron chi connectivity index (χ4n) is 4.56. The van der Waals surface area contributed by atoms with Crippen LogP contribution in [0.2, 0.25) is 0 Å². The van der Waals surface area contributed by atoms with Gasteiger partial charge in [-0.25, -0.2) is 0 Å². The summed E-state index contributed by atoms with van der Waals surface area (Å²) in [6.07, 6.45) is 15.8. The monoisotopic (exact) mass is 471 g/mol. The molecule has 184 valence electrons. The topological polar surface area (TPSA) is 20.2 Å². The van der Waals surface area contributed by atoms with Crippen LogP contribution in [0.25, 0.3) is 6.08 Å². The Morgan fingerprint density at radius 3 is 1.94 bits per heavy atom. The number of hydrogen-bond donors (Lipinski definition) is 1. The van der Waals surface area contributed by atoms with Crippen LogP contribution >= 0.6 is 0 Å². The largest absolute Gasteiger partial charge is 1.00 e. The van der Waals surface area contributed by atoms with Crippen molar-refractivity contribution in [2.75, 3.05) is 27.2 Å². The summed E-state index contributed by atoms with van der Waals surface area (Å²) in [6, 6.07) is 20.7. The highest BCUT2D eigenvalue weighted by molar-refractivity contribution is 5.48. The van der Waals surface area contributed by atoms with Gasteiger partial charge in [0.1, 0.15) is 0 Å². The van der Waals surface area contributed by atoms with Crippen LogP contribution in [0, 0.1) is 5.92 Å². The molecule has 0 fully saturated rings. The van der Waals surface area contributed by atoms with E-state index in [-0.39, 0.29) is 18.3 Å². The van der Waals surface area contributed by atoms with Crippen molar-refractivity contribution in [3.05, 3.63) is 77.9 Å². The van der Waals surface area contributed by atoms with Gasteiger partial charge in [0.2, 0.25) is 0 Å². The van der Waals surface area contributed by atoms with Gasteiger partial charge >= 0.3 is 0 Å². The first kappa shape index (κ1) is 29.4. The Morgan fingerprint density at radius 1 is 0.788 bits per heavy atom. The molecule has 2 nitrogen and oxygen atoms in total. The highest BCUT2D eigenvalue weighted by Crippen LogP contribution is 2.29. The maximum atomic E-state index is 11.2. The molecule has 0 aliphatic rings. The highest BCUT2D eigenvalue weighted by atomic mass is 35.5. The maximum Gasteiger partial charge on any atom is 0.0972 e. The molecular weight excluding hydrogens is 426 g/mol. The lowest BCUT2D eigenvalue weighted by Gasteiger charge is -2.35. The average Bonchev–Trinajstić information content (AvgIpc) is 2.80. The van der Waals surface area contributed by atoms with Gasteiger partial charge in [0.25, 0.3) is 0 Å². The number of likely N-dealkylation sites (N-methyl/N-ethyl adjacent to an activating group) is 1. The molecule has 2 aromatic rings. The molecule has 0 spiro atoms. The molecule has 0 aromatic heterocycles. The lowest BCUT2D eigenvalue weighted by Crippen LogP contribution is -3.00. The lowest BCUT2D eigenvalue weighted by molar-refractivity contribution is -0.888. The molecule has 2 aromatic carbocycles. The summed E-state index contributed by atoms with van der Waals surface area (Å²) in [6.45, 7) is 4.21. The van der Waals surface area contributed by atoms with Crippen LogP contribution in [-0.4, -0.2) is 36.8 Å². The summed E-state index contributed by atoms with van der Waals surface area (Å²) < 4.78 is 0.884. The van der Waals surface area contributed by atoms with E-state index in [0.717, 1.165) is 29.6 Å². The van der Waals surface area contributed by atoms with Crippen molar-refractivity contribution < 1.29 is 22.0 Å². The molecule has 0 aliphatic carbocycles. The van der Waals surface area contributed by atoms with E-state index in [1.807, 2.05) is 18.2 Å². The van der Waals surface area contributed by atoms with E-state index in [4.69, 9.17) is 0 Å². The van der Waals surface area contributed by atoms with Crippen molar-refractivity contribution in [1.29, 1.82) is 0 Å². The van der Waals surface area contributed by atoms with Gasteiger partial charge in [0, 0.05) is 5.92 Å². The van der Waals surface area contributed by atoms with E-state index >= 15 is 0 Å². The third-order valence-corrected chi connectivity index (χ3v) is 6.45. The van der Waals surface area contributed by atoms with E-state index in [1.165, 1.54) is 56.9 Å². The van der Waals surface area contributed by atoms with Crippen LogP contribution in [0.15, 0.2) is 66.7 Å². The van der Waals surface area contributed by atoms with Crippen molar-refractivity contribution >= 4 is 6.08 Å². The van der Waals surface area contributed by atoms with Crippen molar-refractivity contribution in [2.24, 2.45) is 5.92 Å².